The van der Waals surface area contributed by atoms with Crippen molar-refractivity contribution < 1.29 is 13.2 Å². The zero-order chi connectivity index (χ0) is 15.3. The van der Waals surface area contributed by atoms with Crippen LogP contribution in [0.25, 0.3) is 0 Å². The molecule has 0 radical (unpaired) electrons. The van der Waals surface area contributed by atoms with Crippen LogP contribution in [0.4, 0.5) is 5.69 Å². The molecule has 0 heterocycles. The van der Waals surface area contributed by atoms with Crippen molar-refractivity contribution in [3.8, 4) is 11.8 Å². The van der Waals surface area contributed by atoms with Gasteiger partial charge in [0.15, 0.2) is 0 Å². The van der Waals surface area contributed by atoms with Gasteiger partial charge in [-0.15, -0.1) is 0 Å². The maximum Gasteiger partial charge on any atom is 0.247 e. The molecule has 0 amide bonds. The Kier molecular flexibility index (Phi) is 5.36. The summed E-state index contributed by atoms with van der Waals surface area (Å²) in [5.74, 6) is 0.201. The summed E-state index contributed by atoms with van der Waals surface area (Å²) in [6.45, 7) is 3.67. The van der Waals surface area contributed by atoms with Crippen LogP contribution in [0.3, 0.4) is 0 Å². The van der Waals surface area contributed by atoms with Gasteiger partial charge in [0.1, 0.15) is 10.6 Å². The number of nitrogens with zero attached hydrogens (tertiary/aromatic N) is 2. The Hall–Kier alpha value is -1.78. The Morgan fingerprint density at radius 1 is 1.45 bits per heavy atom. The van der Waals surface area contributed by atoms with Crippen molar-refractivity contribution >= 4 is 15.7 Å². The zero-order valence-electron chi connectivity index (χ0n) is 11.8. The van der Waals surface area contributed by atoms with Crippen LogP contribution in [0.2, 0.25) is 0 Å². The highest BCUT2D eigenvalue weighted by molar-refractivity contribution is 7.89. The number of benzene rings is 1. The van der Waals surface area contributed by atoms with E-state index in [1.54, 1.807) is 13.8 Å². The number of nitriles is 1. The van der Waals surface area contributed by atoms with Gasteiger partial charge in [-0.3, -0.25) is 0 Å². The van der Waals surface area contributed by atoms with Gasteiger partial charge in [0.05, 0.1) is 13.2 Å². The number of nitrogens with two attached hydrogens (primary N) is 1. The molecule has 110 valence electrons. The molecule has 0 aliphatic carbocycles. The third-order valence-corrected chi connectivity index (χ3v) is 4.91. The third kappa shape index (κ3) is 3.40. The van der Waals surface area contributed by atoms with Gasteiger partial charge in [-0.25, -0.2) is 8.42 Å². The van der Waals surface area contributed by atoms with Crippen LogP contribution in [-0.4, -0.2) is 32.4 Å². The lowest BCUT2D eigenvalue weighted by molar-refractivity contribution is 0.354. The fourth-order valence-corrected chi connectivity index (χ4v) is 3.62. The number of hydrogen-bond acceptors (Lipinski definition) is 5. The molecule has 20 heavy (non-hydrogen) atoms. The van der Waals surface area contributed by atoms with Gasteiger partial charge in [-0.2, -0.15) is 9.57 Å². The molecular weight excluding hydrogens is 278 g/mol. The van der Waals surface area contributed by atoms with E-state index in [0.29, 0.717) is 5.69 Å². The average Bonchev–Trinajstić information content (AvgIpc) is 2.37. The normalized spacial score (nSPS) is 11.6. The highest BCUT2D eigenvalue weighted by Crippen LogP contribution is 2.29. The van der Waals surface area contributed by atoms with Crippen molar-refractivity contribution in [1.29, 1.82) is 5.26 Å². The molecule has 0 aliphatic heterocycles. The average molecular weight is 297 g/mol. The second-order valence-corrected chi connectivity index (χ2v) is 6.39. The monoisotopic (exact) mass is 297 g/mol. The molecular formula is C13H19N3O3S. The molecule has 0 aromatic heterocycles. The first kappa shape index (κ1) is 16.3. The predicted octanol–water partition coefficient (Wildman–Crippen LogP) is 1.59. The third-order valence-electron chi connectivity index (χ3n) is 2.79. The molecule has 6 nitrogen and oxygen atoms in total. The van der Waals surface area contributed by atoms with Crippen LogP contribution >= 0.6 is 0 Å². The number of sulfonamides is 1. The summed E-state index contributed by atoms with van der Waals surface area (Å²) in [5, 5.41) is 8.66. The molecule has 7 heteroatoms. The smallest absolute Gasteiger partial charge is 0.247 e. The molecule has 0 bridgehead atoms. The van der Waals surface area contributed by atoms with Gasteiger partial charge < -0.3 is 10.5 Å². The lowest BCUT2D eigenvalue weighted by Crippen LogP contribution is -2.37. The van der Waals surface area contributed by atoms with Crippen molar-refractivity contribution in [3.63, 3.8) is 0 Å². The Labute approximate surface area is 119 Å². The number of nitrogen functional groups attached to an aromatic ring is 1. The predicted molar refractivity (Wildman–Crippen MR) is 76.7 cm³/mol. The van der Waals surface area contributed by atoms with Crippen molar-refractivity contribution in [3.05, 3.63) is 18.2 Å². The summed E-state index contributed by atoms with van der Waals surface area (Å²) in [6.07, 6.45) is 0.134. The molecule has 0 saturated carbocycles. The van der Waals surface area contributed by atoms with Crippen molar-refractivity contribution in [2.75, 3.05) is 19.4 Å². The van der Waals surface area contributed by atoms with Crippen LogP contribution in [0.5, 0.6) is 5.75 Å². The topological polar surface area (TPSA) is 96.4 Å². The summed E-state index contributed by atoms with van der Waals surface area (Å²) >= 11 is 0. The number of ether oxygens (including phenoxy) is 1. The summed E-state index contributed by atoms with van der Waals surface area (Å²) < 4.78 is 31.7. The SMILES string of the molecule is COc1cc(N)ccc1S(=O)(=O)N(CCC#N)C(C)C. The first-order chi connectivity index (χ1) is 9.34. The van der Waals surface area contributed by atoms with E-state index in [0.717, 1.165) is 0 Å². The van der Waals surface area contributed by atoms with Gasteiger partial charge >= 0.3 is 0 Å². The van der Waals surface area contributed by atoms with Crippen LogP contribution in [0.15, 0.2) is 23.1 Å². The van der Waals surface area contributed by atoms with Crippen molar-refractivity contribution in [1.82, 2.24) is 4.31 Å². The van der Waals surface area contributed by atoms with Crippen molar-refractivity contribution in [2.24, 2.45) is 0 Å². The summed E-state index contributed by atoms with van der Waals surface area (Å²) in [4.78, 5) is 0.0563. The minimum atomic E-state index is -3.73. The molecule has 2 N–H and O–H groups in total. The highest BCUT2D eigenvalue weighted by Gasteiger charge is 2.29. The van der Waals surface area contributed by atoms with Gasteiger partial charge in [-0.1, -0.05) is 0 Å². The Bertz CT molecular complexity index is 606. The minimum absolute atomic E-state index is 0.0563. The second-order valence-electron chi connectivity index (χ2n) is 4.53. The standard InChI is InChI=1S/C13H19N3O3S/c1-10(2)16(8-4-7-14)20(17,18)13-6-5-11(15)9-12(13)19-3/h5-6,9-10H,4,8,15H2,1-3H3. The van der Waals surface area contributed by atoms with Gasteiger partial charge in [0.25, 0.3) is 0 Å². The van der Waals surface area contributed by atoms with Gasteiger partial charge in [-0.05, 0) is 26.0 Å². The van der Waals surface area contributed by atoms with Gasteiger partial charge in [0.2, 0.25) is 10.0 Å². The quantitative estimate of drug-likeness (QED) is 0.804. The lowest BCUT2D eigenvalue weighted by Gasteiger charge is -2.25. The first-order valence-corrected chi connectivity index (χ1v) is 7.61. The highest BCUT2D eigenvalue weighted by atomic mass is 32.2. The molecule has 1 aromatic carbocycles. The summed E-state index contributed by atoms with van der Waals surface area (Å²) in [6, 6.07) is 6.10. The fraction of sp³-hybridized carbons (Fsp3) is 0.462. The molecule has 0 fully saturated rings. The maximum absolute atomic E-state index is 12.7. The van der Waals surface area contributed by atoms with E-state index < -0.39 is 10.0 Å². The van der Waals surface area contributed by atoms with E-state index in [2.05, 4.69) is 0 Å². The Morgan fingerprint density at radius 3 is 2.60 bits per heavy atom. The Morgan fingerprint density at radius 2 is 2.10 bits per heavy atom. The first-order valence-electron chi connectivity index (χ1n) is 6.17. The molecule has 0 saturated heterocycles. The maximum atomic E-state index is 12.7. The van der Waals surface area contributed by atoms with Crippen LogP contribution in [-0.2, 0) is 10.0 Å². The number of hydrogen-bond donors (Lipinski definition) is 1. The van der Waals surface area contributed by atoms with E-state index in [4.69, 9.17) is 15.7 Å². The van der Waals surface area contributed by atoms with Gasteiger partial charge in [0, 0.05) is 30.8 Å². The van der Waals surface area contributed by atoms with E-state index in [-0.39, 0.29) is 29.7 Å². The molecule has 0 unspecified atom stereocenters. The molecule has 0 spiro atoms. The summed E-state index contributed by atoms with van der Waals surface area (Å²) in [5.41, 5.74) is 6.06. The lowest BCUT2D eigenvalue weighted by atomic mass is 10.3. The molecule has 0 atom stereocenters. The van der Waals surface area contributed by atoms with E-state index in [1.807, 2.05) is 6.07 Å². The fourth-order valence-electron chi connectivity index (χ4n) is 1.84. The minimum Gasteiger partial charge on any atom is -0.495 e. The van der Waals surface area contributed by atoms with Crippen molar-refractivity contribution in [2.45, 2.75) is 31.2 Å². The number of anilines is 1. The number of rotatable bonds is 6. The van der Waals surface area contributed by atoms with Crippen LogP contribution in [0, 0.1) is 11.3 Å². The summed E-state index contributed by atoms with van der Waals surface area (Å²) in [7, 11) is -2.34. The Balaban J connectivity index is 3.30. The second kappa shape index (κ2) is 6.59. The molecule has 0 aliphatic rings. The molecule has 1 aromatic rings. The van der Waals surface area contributed by atoms with E-state index in [1.165, 1.54) is 29.6 Å². The number of methoxy groups -OCH3 is 1. The van der Waals surface area contributed by atoms with E-state index in [9.17, 15) is 8.42 Å². The van der Waals surface area contributed by atoms with Crippen LogP contribution in [0.1, 0.15) is 20.3 Å². The molecule has 1 rings (SSSR count). The zero-order valence-corrected chi connectivity index (χ0v) is 12.6. The van der Waals surface area contributed by atoms with E-state index >= 15 is 0 Å². The van der Waals surface area contributed by atoms with Crippen LogP contribution < -0.4 is 10.5 Å². The largest absolute Gasteiger partial charge is 0.495 e.